The number of ether oxygens (including phenoxy) is 2. The number of benzene rings is 4. The molecular formula is C30H27ClN2O4. The van der Waals surface area contributed by atoms with Gasteiger partial charge in [0.05, 0.1) is 10.6 Å². The highest BCUT2D eigenvalue weighted by Crippen LogP contribution is 2.31. The van der Waals surface area contributed by atoms with Crippen LogP contribution in [0.1, 0.15) is 27.0 Å². The van der Waals surface area contributed by atoms with E-state index in [1.54, 1.807) is 36.4 Å². The Morgan fingerprint density at radius 1 is 0.730 bits per heavy atom. The number of hydrogen-bond donors (Lipinski definition) is 2. The first-order valence-corrected chi connectivity index (χ1v) is 12.2. The van der Waals surface area contributed by atoms with E-state index in [1.807, 2.05) is 66.7 Å². The summed E-state index contributed by atoms with van der Waals surface area (Å²) in [4.78, 5) is 24.9. The molecule has 7 heteroatoms. The molecule has 0 aliphatic rings. The summed E-state index contributed by atoms with van der Waals surface area (Å²) in [5, 5.41) is 2.98. The molecule has 0 unspecified atom stereocenters. The zero-order valence-electron chi connectivity index (χ0n) is 20.1. The van der Waals surface area contributed by atoms with Gasteiger partial charge in [-0.2, -0.15) is 0 Å². The average Bonchev–Trinajstić information content (AvgIpc) is 2.92. The third-order valence-electron chi connectivity index (χ3n) is 5.69. The van der Waals surface area contributed by atoms with Crippen LogP contribution in [-0.4, -0.2) is 17.9 Å². The standard InChI is InChI=1S/C30H27ClN2O4/c31-25-14-8-7-13-24(25)30(35)33-26(29(32)34)17-23-15-16-27(36-19-21-9-3-1-4-10-21)28(18-23)37-20-22-11-5-2-6-12-22/h1-16,18,26H,17,19-20H2,(H2,32,34)(H,33,35)/t26-/m0/s1. The molecule has 2 amide bonds. The topological polar surface area (TPSA) is 90.7 Å². The van der Waals surface area contributed by atoms with E-state index in [0.29, 0.717) is 29.7 Å². The monoisotopic (exact) mass is 514 g/mol. The van der Waals surface area contributed by atoms with Crippen LogP contribution in [0.3, 0.4) is 0 Å². The number of nitrogens with two attached hydrogens (primary N) is 1. The van der Waals surface area contributed by atoms with Crippen molar-refractivity contribution in [3.8, 4) is 11.5 Å². The summed E-state index contributed by atoms with van der Waals surface area (Å²) in [6.07, 6.45) is 0.173. The first-order chi connectivity index (χ1) is 18.0. The highest BCUT2D eigenvalue weighted by Gasteiger charge is 2.21. The first-order valence-electron chi connectivity index (χ1n) is 11.8. The third kappa shape index (κ3) is 7.35. The second-order valence-electron chi connectivity index (χ2n) is 8.44. The molecule has 0 bridgehead atoms. The van der Waals surface area contributed by atoms with Crippen LogP contribution < -0.4 is 20.5 Å². The van der Waals surface area contributed by atoms with Gasteiger partial charge in [0.15, 0.2) is 11.5 Å². The van der Waals surface area contributed by atoms with Crippen molar-refractivity contribution in [2.24, 2.45) is 5.73 Å². The SMILES string of the molecule is NC(=O)[C@H](Cc1ccc(OCc2ccccc2)c(OCc2ccccc2)c1)NC(=O)c1ccccc1Cl. The van der Waals surface area contributed by atoms with Gasteiger partial charge in [-0.25, -0.2) is 0 Å². The van der Waals surface area contributed by atoms with Crippen molar-refractivity contribution >= 4 is 23.4 Å². The number of carbonyl (C=O) groups is 2. The lowest BCUT2D eigenvalue weighted by atomic mass is 10.0. The molecule has 0 aromatic heterocycles. The van der Waals surface area contributed by atoms with Crippen LogP contribution in [0.15, 0.2) is 103 Å². The minimum absolute atomic E-state index is 0.173. The summed E-state index contributed by atoms with van der Waals surface area (Å²) in [5.41, 5.74) is 8.67. The minimum atomic E-state index is -0.943. The Bertz CT molecular complexity index is 1350. The summed E-state index contributed by atoms with van der Waals surface area (Å²) in [6, 6.07) is 30.7. The molecule has 4 aromatic rings. The van der Waals surface area contributed by atoms with E-state index in [4.69, 9.17) is 26.8 Å². The molecule has 4 rings (SSSR count). The molecule has 188 valence electrons. The lowest BCUT2D eigenvalue weighted by molar-refractivity contribution is -0.119. The lowest BCUT2D eigenvalue weighted by Crippen LogP contribution is -2.45. The summed E-state index contributed by atoms with van der Waals surface area (Å²) >= 11 is 6.13. The Kier molecular flexibility index (Phi) is 8.79. The molecule has 0 heterocycles. The quantitative estimate of drug-likeness (QED) is 0.283. The first kappa shape index (κ1) is 25.8. The Balaban J connectivity index is 1.52. The predicted molar refractivity (Wildman–Crippen MR) is 144 cm³/mol. The largest absolute Gasteiger partial charge is 0.485 e. The number of carbonyl (C=O) groups excluding carboxylic acids is 2. The van der Waals surface area contributed by atoms with Gasteiger partial charge in [0, 0.05) is 6.42 Å². The molecule has 0 aliphatic heterocycles. The molecular weight excluding hydrogens is 488 g/mol. The second kappa shape index (κ2) is 12.6. The van der Waals surface area contributed by atoms with Crippen molar-refractivity contribution in [1.29, 1.82) is 0 Å². The van der Waals surface area contributed by atoms with Gasteiger partial charge in [-0.05, 0) is 41.0 Å². The molecule has 3 N–H and O–H groups in total. The van der Waals surface area contributed by atoms with Crippen molar-refractivity contribution in [3.05, 3.63) is 130 Å². The number of halogens is 1. The third-order valence-corrected chi connectivity index (χ3v) is 6.02. The van der Waals surface area contributed by atoms with Crippen LogP contribution >= 0.6 is 11.6 Å². The molecule has 0 spiro atoms. The van der Waals surface area contributed by atoms with E-state index in [0.717, 1.165) is 16.7 Å². The van der Waals surface area contributed by atoms with E-state index in [1.165, 1.54) is 0 Å². The Morgan fingerprint density at radius 3 is 1.89 bits per heavy atom. The van der Waals surface area contributed by atoms with E-state index in [-0.39, 0.29) is 12.0 Å². The van der Waals surface area contributed by atoms with E-state index in [2.05, 4.69) is 5.32 Å². The van der Waals surface area contributed by atoms with Crippen LogP contribution in [0.5, 0.6) is 11.5 Å². The average molecular weight is 515 g/mol. The van der Waals surface area contributed by atoms with Crippen molar-refractivity contribution in [2.75, 3.05) is 0 Å². The van der Waals surface area contributed by atoms with Crippen LogP contribution in [0.2, 0.25) is 5.02 Å². The number of primary amides is 1. The molecule has 1 atom stereocenters. The predicted octanol–water partition coefficient (Wildman–Crippen LogP) is 5.32. The smallest absolute Gasteiger partial charge is 0.253 e. The van der Waals surface area contributed by atoms with Crippen molar-refractivity contribution in [2.45, 2.75) is 25.7 Å². The molecule has 37 heavy (non-hydrogen) atoms. The fraction of sp³-hybridized carbons (Fsp3) is 0.133. The van der Waals surface area contributed by atoms with E-state index >= 15 is 0 Å². The normalized spacial score (nSPS) is 11.4. The van der Waals surface area contributed by atoms with Gasteiger partial charge in [0.25, 0.3) is 5.91 Å². The fourth-order valence-electron chi connectivity index (χ4n) is 3.72. The van der Waals surface area contributed by atoms with Crippen molar-refractivity contribution < 1.29 is 19.1 Å². The second-order valence-corrected chi connectivity index (χ2v) is 8.85. The van der Waals surface area contributed by atoms with Crippen LogP contribution in [0, 0.1) is 0 Å². The van der Waals surface area contributed by atoms with Crippen molar-refractivity contribution in [3.63, 3.8) is 0 Å². The number of amides is 2. The molecule has 0 fully saturated rings. The van der Waals surface area contributed by atoms with Gasteiger partial charge in [-0.15, -0.1) is 0 Å². The fourth-order valence-corrected chi connectivity index (χ4v) is 3.94. The van der Waals surface area contributed by atoms with Gasteiger partial charge >= 0.3 is 0 Å². The Morgan fingerprint density at radius 2 is 1.30 bits per heavy atom. The zero-order valence-corrected chi connectivity index (χ0v) is 20.9. The maximum absolute atomic E-state index is 12.7. The minimum Gasteiger partial charge on any atom is -0.485 e. The Labute approximate surface area is 221 Å². The Hall–Kier alpha value is -4.29. The van der Waals surface area contributed by atoms with Crippen LogP contribution in [0.25, 0.3) is 0 Å². The number of nitrogens with one attached hydrogen (secondary N) is 1. The molecule has 0 saturated carbocycles. The van der Waals surface area contributed by atoms with Crippen LogP contribution in [-0.2, 0) is 24.4 Å². The van der Waals surface area contributed by atoms with Gasteiger partial charge in [0.1, 0.15) is 19.3 Å². The van der Waals surface area contributed by atoms with Gasteiger partial charge in [-0.3, -0.25) is 9.59 Å². The summed E-state index contributed by atoms with van der Waals surface area (Å²) in [7, 11) is 0. The van der Waals surface area contributed by atoms with E-state index in [9.17, 15) is 9.59 Å². The van der Waals surface area contributed by atoms with Gasteiger partial charge < -0.3 is 20.5 Å². The van der Waals surface area contributed by atoms with Gasteiger partial charge in [-0.1, -0.05) is 90.5 Å². The highest BCUT2D eigenvalue weighted by atomic mass is 35.5. The van der Waals surface area contributed by atoms with Crippen molar-refractivity contribution in [1.82, 2.24) is 5.32 Å². The molecule has 6 nitrogen and oxygen atoms in total. The summed E-state index contributed by atoms with van der Waals surface area (Å²) < 4.78 is 12.2. The lowest BCUT2D eigenvalue weighted by Gasteiger charge is -2.18. The molecule has 0 aliphatic carbocycles. The molecule has 0 saturated heterocycles. The van der Waals surface area contributed by atoms with E-state index < -0.39 is 17.9 Å². The van der Waals surface area contributed by atoms with Crippen LogP contribution in [0.4, 0.5) is 0 Å². The maximum atomic E-state index is 12.7. The highest BCUT2D eigenvalue weighted by molar-refractivity contribution is 6.33. The summed E-state index contributed by atoms with van der Waals surface area (Å²) in [6.45, 7) is 0.716. The molecule has 4 aromatic carbocycles. The van der Waals surface area contributed by atoms with Gasteiger partial charge in [0.2, 0.25) is 5.91 Å². The zero-order chi connectivity index (χ0) is 26.0. The summed E-state index contributed by atoms with van der Waals surface area (Å²) in [5.74, 6) is -0.0356. The number of hydrogen-bond acceptors (Lipinski definition) is 4. The maximum Gasteiger partial charge on any atom is 0.253 e. The molecule has 0 radical (unpaired) electrons. The number of rotatable bonds is 11.